The van der Waals surface area contributed by atoms with Crippen LogP contribution in [-0.2, 0) is 16.6 Å². The molecule has 0 radical (unpaired) electrons. The summed E-state index contributed by atoms with van der Waals surface area (Å²) < 4.78 is 37.2. The molecule has 2 aromatic carbocycles. The molecule has 36 heavy (non-hydrogen) atoms. The van der Waals surface area contributed by atoms with Crippen LogP contribution in [0.2, 0.25) is 0 Å². The largest absolute Gasteiger partial charge is 0.424 e. The van der Waals surface area contributed by atoms with Crippen LogP contribution in [0.4, 0.5) is 5.69 Å². The van der Waals surface area contributed by atoms with E-state index in [1.807, 2.05) is 58.0 Å². The second-order valence-electron chi connectivity index (χ2n) is 9.55. The third-order valence-corrected chi connectivity index (χ3v) is 8.39. The molecular formula is C26H36N6O3S. The van der Waals surface area contributed by atoms with Gasteiger partial charge in [0.05, 0.1) is 10.9 Å². The molecule has 0 amide bonds. The number of sulfonamides is 1. The molecule has 9 nitrogen and oxygen atoms in total. The first-order chi connectivity index (χ1) is 17.1. The van der Waals surface area contributed by atoms with Crippen LogP contribution in [0.3, 0.4) is 0 Å². The van der Waals surface area contributed by atoms with Crippen molar-refractivity contribution in [2.45, 2.75) is 52.1 Å². The number of anilines is 1. The number of nitrogens with zero attached hydrogens (tertiary/aromatic N) is 5. The van der Waals surface area contributed by atoms with E-state index in [-0.39, 0.29) is 0 Å². The third-order valence-electron chi connectivity index (χ3n) is 6.55. The molecule has 1 saturated heterocycles. The quantitative estimate of drug-likeness (QED) is 0.491. The Bertz CT molecular complexity index is 1310. The van der Waals surface area contributed by atoms with E-state index in [2.05, 4.69) is 37.8 Å². The fraction of sp³-hybridized carbons (Fsp3) is 0.462. The van der Waals surface area contributed by atoms with Gasteiger partial charge in [-0.25, -0.2) is 13.1 Å². The Hall–Kier alpha value is -2.95. The Morgan fingerprint density at radius 1 is 1.03 bits per heavy atom. The lowest BCUT2D eigenvalue weighted by molar-refractivity contribution is 0.312. The van der Waals surface area contributed by atoms with E-state index in [0.29, 0.717) is 40.2 Å². The number of hydrogen-bond acceptors (Lipinski definition) is 7. The van der Waals surface area contributed by atoms with Crippen LogP contribution in [0.5, 0.6) is 11.8 Å². The minimum atomic E-state index is -3.76. The molecule has 3 aromatic rings. The zero-order valence-electron chi connectivity index (χ0n) is 21.9. The van der Waals surface area contributed by atoms with Gasteiger partial charge in [0, 0.05) is 44.5 Å². The summed E-state index contributed by atoms with van der Waals surface area (Å²) in [5.41, 5.74) is 3.57. The van der Waals surface area contributed by atoms with Crippen molar-refractivity contribution >= 4 is 15.7 Å². The molecular weight excluding hydrogens is 476 g/mol. The van der Waals surface area contributed by atoms with E-state index < -0.39 is 16.1 Å². The van der Waals surface area contributed by atoms with Gasteiger partial charge in [-0.3, -0.25) is 4.57 Å². The normalized spacial score (nSPS) is 15.8. The lowest BCUT2D eigenvalue weighted by Gasteiger charge is -2.34. The molecule has 1 aromatic heterocycles. The first-order valence-corrected chi connectivity index (χ1v) is 13.8. The zero-order chi connectivity index (χ0) is 26.0. The predicted molar refractivity (Wildman–Crippen MR) is 141 cm³/mol. The Labute approximate surface area is 214 Å². The van der Waals surface area contributed by atoms with Crippen LogP contribution in [0, 0.1) is 20.8 Å². The van der Waals surface area contributed by atoms with Crippen molar-refractivity contribution in [1.82, 2.24) is 24.4 Å². The fourth-order valence-corrected chi connectivity index (χ4v) is 6.50. The summed E-state index contributed by atoms with van der Waals surface area (Å²) in [4.78, 5) is 4.97. The molecule has 1 aliphatic heterocycles. The van der Waals surface area contributed by atoms with Crippen LogP contribution < -0.4 is 14.4 Å². The molecule has 0 aliphatic carbocycles. The topological polar surface area (TPSA) is 92.6 Å². The maximum Gasteiger partial charge on any atom is 0.322 e. The van der Waals surface area contributed by atoms with Crippen LogP contribution in [0.15, 0.2) is 41.3 Å². The molecule has 2 heterocycles. The SMILES string of the molecule is CCn1c(Oc2cccc(N3CCN(C)CC3)c2)nnc1[C@@H](C)NS(=O)(=O)c1c(C)cc(C)cc1C. The smallest absolute Gasteiger partial charge is 0.322 e. The van der Waals surface area contributed by atoms with Crippen LogP contribution in [-0.4, -0.2) is 61.3 Å². The lowest BCUT2D eigenvalue weighted by atomic mass is 10.1. The Morgan fingerprint density at radius 3 is 2.33 bits per heavy atom. The van der Waals surface area contributed by atoms with Crippen molar-refractivity contribution in [3.8, 4) is 11.8 Å². The predicted octanol–water partition coefficient (Wildman–Crippen LogP) is 3.81. The number of nitrogens with one attached hydrogen (secondary N) is 1. The molecule has 1 aliphatic rings. The average molecular weight is 513 g/mol. The molecule has 0 unspecified atom stereocenters. The monoisotopic (exact) mass is 512 g/mol. The van der Waals surface area contributed by atoms with Crippen molar-refractivity contribution in [3.63, 3.8) is 0 Å². The number of ether oxygens (including phenoxy) is 1. The number of benzene rings is 2. The van der Waals surface area contributed by atoms with Crippen molar-refractivity contribution in [2.75, 3.05) is 38.1 Å². The van der Waals surface area contributed by atoms with E-state index in [0.717, 1.165) is 37.4 Å². The van der Waals surface area contributed by atoms with E-state index in [4.69, 9.17) is 4.74 Å². The van der Waals surface area contributed by atoms with Gasteiger partial charge in [-0.2, -0.15) is 0 Å². The Morgan fingerprint density at radius 2 is 1.69 bits per heavy atom. The highest BCUT2D eigenvalue weighted by molar-refractivity contribution is 7.89. The van der Waals surface area contributed by atoms with Crippen LogP contribution in [0.25, 0.3) is 0 Å². The number of likely N-dealkylation sites (N-methyl/N-ethyl adjacent to an activating group) is 1. The maximum absolute atomic E-state index is 13.3. The van der Waals surface area contributed by atoms with Crippen molar-refractivity contribution in [1.29, 1.82) is 0 Å². The van der Waals surface area contributed by atoms with Crippen LogP contribution >= 0.6 is 0 Å². The van der Waals surface area contributed by atoms with Gasteiger partial charge in [-0.1, -0.05) is 28.9 Å². The van der Waals surface area contributed by atoms with Crippen molar-refractivity contribution in [2.24, 2.45) is 0 Å². The zero-order valence-corrected chi connectivity index (χ0v) is 22.8. The van der Waals surface area contributed by atoms with Gasteiger partial charge in [0.2, 0.25) is 10.0 Å². The van der Waals surface area contributed by atoms with E-state index >= 15 is 0 Å². The molecule has 4 rings (SSSR count). The number of hydrogen-bond donors (Lipinski definition) is 1. The highest BCUT2D eigenvalue weighted by Crippen LogP contribution is 2.28. The van der Waals surface area contributed by atoms with Gasteiger partial charge in [0.25, 0.3) is 0 Å². The van der Waals surface area contributed by atoms with E-state index in [9.17, 15) is 8.42 Å². The standard InChI is InChI=1S/C26H36N6O3S/c1-7-32-25(21(5)29-36(33,34)24-19(3)15-18(2)16-20(24)4)27-28-26(32)35-23-10-8-9-22(17-23)31-13-11-30(6)12-14-31/h8-10,15-17,21,29H,7,11-14H2,1-6H3/t21-/m1/s1. The van der Waals surface area contributed by atoms with E-state index in [1.54, 1.807) is 11.5 Å². The summed E-state index contributed by atoms with van der Waals surface area (Å²) in [6.07, 6.45) is 0. The second-order valence-corrected chi connectivity index (χ2v) is 11.2. The fourth-order valence-electron chi connectivity index (χ4n) is 4.84. The average Bonchev–Trinajstić information content (AvgIpc) is 3.21. The molecule has 194 valence electrons. The van der Waals surface area contributed by atoms with Crippen molar-refractivity contribution in [3.05, 3.63) is 58.9 Å². The molecule has 1 atom stereocenters. The minimum absolute atomic E-state index is 0.305. The van der Waals surface area contributed by atoms with Crippen molar-refractivity contribution < 1.29 is 13.2 Å². The minimum Gasteiger partial charge on any atom is -0.424 e. The summed E-state index contributed by atoms with van der Waals surface area (Å²) in [6, 6.07) is 11.4. The highest BCUT2D eigenvalue weighted by Gasteiger charge is 2.26. The summed E-state index contributed by atoms with van der Waals surface area (Å²) in [6.45, 7) is 13.8. The third kappa shape index (κ3) is 5.55. The molecule has 0 bridgehead atoms. The van der Waals surface area contributed by atoms with Gasteiger partial charge in [0.1, 0.15) is 5.75 Å². The highest BCUT2D eigenvalue weighted by atomic mass is 32.2. The molecule has 0 spiro atoms. The van der Waals surface area contributed by atoms with Crippen LogP contribution in [0.1, 0.15) is 42.4 Å². The van der Waals surface area contributed by atoms with Gasteiger partial charge < -0.3 is 14.5 Å². The Balaban J connectivity index is 1.54. The molecule has 1 fully saturated rings. The van der Waals surface area contributed by atoms with Gasteiger partial charge in [-0.05, 0) is 64.9 Å². The number of aromatic nitrogens is 3. The van der Waals surface area contributed by atoms with Gasteiger partial charge in [0.15, 0.2) is 5.82 Å². The lowest BCUT2D eigenvalue weighted by Crippen LogP contribution is -2.44. The summed E-state index contributed by atoms with van der Waals surface area (Å²) >= 11 is 0. The number of piperazine rings is 1. The van der Waals surface area contributed by atoms with Gasteiger partial charge in [-0.15, -0.1) is 5.10 Å². The second kappa shape index (κ2) is 10.6. The number of aryl methyl sites for hydroxylation is 3. The summed E-state index contributed by atoms with van der Waals surface area (Å²) in [5, 5.41) is 8.53. The number of rotatable bonds is 8. The summed E-state index contributed by atoms with van der Waals surface area (Å²) in [5.74, 6) is 1.16. The maximum atomic E-state index is 13.3. The molecule has 1 N–H and O–H groups in total. The molecule has 0 saturated carbocycles. The summed E-state index contributed by atoms with van der Waals surface area (Å²) in [7, 11) is -1.63. The first-order valence-electron chi connectivity index (χ1n) is 12.3. The first kappa shape index (κ1) is 26.1. The van der Waals surface area contributed by atoms with Gasteiger partial charge >= 0.3 is 6.01 Å². The Kier molecular flexibility index (Phi) is 7.67. The molecule has 10 heteroatoms. The van der Waals surface area contributed by atoms with E-state index in [1.165, 1.54) is 0 Å².